The van der Waals surface area contributed by atoms with Crippen LogP contribution >= 0.6 is 0 Å². The molecule has 2 unspecified atom stereocenters. The Labute approximate surface area is 100 Å². The van der Waals surface area contributed by atoms with Crippen molar-refractivity contribution < 1.29 is 14.4 Å². The molecule has 2 atom stereocenters. The maximum atomic E-state index is 11.2. The van der Waals surface area contributed by atoms with Gasteiger partial charge in [0.15, 0.2) is 0 Å². The Morgan fingerprint density at radius 2 is 2.29 bits per heavy atom. The van der Waals surface area contributed by atoms with Gasteiger partial charge < -0.3 is 9.63 Å². The molecule has 0 saturated carbocycles. The average Bonchev–Trinajstić information content (AvgIpc) is 2.76. The molecule has 2 heterocycles. The summed E-state index contributed by atoms with van der Waals surface area (Å²) in [5.74, 6) is 0.251. The summed E-state index contributed by atoms with van der Waals surface area (Å²) in [5.41, 5.74) is 1.87. The molecule has 1 aromatic heterocycles. The van der Waals surface area contributed by atoms with E-state index >= 15 is 0 Å². The SMILES string of the molecule is Cc1noc(C)c1CN1CCC(C)C1C(=O)O. The van der Waals surface area contributed by atoms with Crippen LogP contribution in [0, 0.1) is 19.8 Å². The molecule has 0 bridgehead atoms. The minimum Gasteiger partial charge on any atom is -0.480 e. The van der Waals surface area contributed by atoms with E-state index in [0.717, 1.165) is 30.0 Å². The van der Waals surface area contributed by atoms with Gasteiger partial charge in [-0.25, -0.2) is 0 Å². The second kappa shape index (κ2) is 4.49. The summed E-state index contributed by atoms with van der Waals surface area (Å²) in [7, 11) is 0. The fourth-order valence-corrected chi connectivity index (χ4v) is 2.53. The Bertz CT molecular complexity index is 408. The molecule has 0 aliphatic carbocycles. The minimum absolute atomic E-state index is 0.202. The number of aliphatic carboxylic acids is 1. The highest BCUT2D eigenvalue weighted by Gasteiger charge is 2.37. The lowest BCUT2D eigenvalue weighted by Gasteiger charge is -2.22. The molecule has 1 N–H and O–H groups in total. The fraction of sp³-hybridized carbons (Fsp3) is 0.667. The Kier molecular flexibility index (Phi) is 3.19. The molecule has 5 nitrogen and oxygen atoms in total. The summed E-state index contributed by atoms with van der Waals surface area (Å²) < 4.78 is 5.10. The lowest BCUT2D eigenvalue weighted by Crippen LogP contribution is -2.38. The van der Waals surface area contributed by atoms with Gasteiger partial charge in [0.2, 0.25) is 0 Å². The van der Waals surface area contributed by atoms with E-state index in [0.29, 0.717) is 6.54 Å². The van der Waals surface area contributed by atoms with Crippen LogP contribution < -0.4 is 0 Å². The van der Waals surface area contributed by atoms with Crippen molar-refractivity contribution >= 4 is 5.97 Å². The minimum atomic E-state index is -0.734. The summed E-state index contributed by atoms with van der Waals surface area (Å²) in [5, 5.41) is 13.1. The second-order valence-electron chi connectivity index (χ2n) is 4.82. The standard InChI is InChI=1S/C12H18N2O3/c1-7-4-5-14(11(7)12(15)16)6-10-8(2)13-17-9(10)3/h7,11H,4-6H2,1-3H3,(H,15,16). The van der Waals surface area contributed by atoms with E-state index in [-0.39, 0.29) is 12.0 Å². The quantitative estimate of drug-likeness (QED) is 0.866. The number of carbonyl (C=O) groups is 1. The van der Waals surface area contributed by atoms with Gasteiger partial charge in [-0.1, -0.05) is 12.1 Å². The van der Waals surface area contributed by atoms with Gasteiger partial charge in [0.05, 0.1) is 5.69 Å². The van der Waals surface area contributed by atoms with E-state index in [1.807, 2.05) is 25.7 Å². The number of carboxylic acids is 1. The number of nitrogens with zero attached hydrogens (tertiary/aromatic N) is 2. The average molecular weight is 238 g/mol. The summed E-state index contributed by atoms with van der Waals surface area (Å²) in [4.78, 5) is 13.2. The molecule has 1 aromatic rings. The molecule has 1 fully saturated rings. The van der Waals surface area contributed by atoms with Crippen LogP contribution in [0.25, 0.3) is 0 Å². The second-order valence-corrected chi connectivity index (χ2v) is 4.82. The Morgan fingerprint density at radius 3 is 2.82 bits per heavy atom. The number of rotatable bonds is 3. The Morgan fingerprint density at radius 1 is 1.59 bits per heavy atom. The third-order valence-electron chi connectivity index (χ3n) is 3.60. The van der Waals surface area contributed by atoms with Crippen LogP contribution in [-0.4, -0.2) is 33.7 Å². The van der Waals surface area contributed by atoms with Crippen molar-refractivity contribution in [2.75, 3.05) is 6.54 Å². The molecule has 0 aromatic carbocycles. The molecule has 17 heavy (non-hydrogen) atoms. The summed E-state index contributed by atoms with van der Waals surface area (Å²) in [6.07, 6.45) is 0.931. The van der Waals surface area contributed by atoms with Crippen LogP contribution in [0.15, 0.2) is 4.52 Å². The van der Waals surface area contributed by atoms with Gasteiger partial charge in [0.1, 0.15) is 11.8 Å². The highest BCUT2D eigenvalue weighted by Crippen LogP contribution is 2.27. The topological polar surface area (TPSA) is 66.6 Å². The molecule has 1 saturated heterocycles. The number of aryl methyl sites for hydroxylation is 2. The maximum absolute atomic E-state index is 11.2. The number of hydrogen-bond donors (Lipinski definition) is 1. The Hall–Kier alpha value is -1.36. The fourth-order valence-electron chi connectivity index (χ4n) is 2.53. The molecule has 0 amide bonds. The predicted molar refractivity (Wildman–Crippen MR) is 61.6 cm³/mol. The van der Waals surface area contributed by atoms with Crippen LogP contribution in [0.1, 0.15) is 30.4 Å². The van der Waals surface area contributed by atoms with Crippen molar-refractivity contribution in [3.05, 3.63) is 17.0 Å². The van der Waals surface area contributed by atoms with Crippen molar-refractivity contribution in [2.45, 2.75) is 39.8 Å². The third kappa shape index (κ3) is 2.20. The van der Waals surface area contributed by atoms with Gasteiger partial charge in [-0.3, -0.25) is 9.69 Å². The monoisotopic (exact) mass is 238 g/mol. The first-order valence-electron chi connectivity index (χ1n) is 5.89. The molecule has 0 spiro atoms. The van der Waals surface area contributed by atoms with Gasteiger partial charge in [-0.05, 0) is 32.7 Å². The van der Waals surface area contributed by atoms with Crippen molar-refractivity contribution in [3.63, 3.8) is 0 Å². The van der Waals surface area contributed by atoms with Gasteiger partial charge in [-0.15, -0.1) is 0 Å². The third-order valence-corrected chi connectivity index (χ3v) is 3.60. The molecule has 0 radical (unpaired) electrons. The first kappa shape index (κ1) is 12.1. The first-order chi connectivity index (χ1) is 8.00. The highest BCUT2D eigenvalue weighted by atomic mass is 16.5. The van der Waals surface area contributed by atoms with Crippen LogP contribution in [-0.2, 0) is 11.3 Å². The largest absolute Gasteiger partial charge is 0.480 e. The van der Waals surface area contributed by atoms with E-state index in [4.69, 9.17) is 4.52 Å². The summed E-state index contributed by atoms with van der Waals surface area (Å²) in [6.45, 7) is 7.18. The van der Waals surface area contributed by atoms with Crippen LogP contribution in [0.5, 0.6) is 0 Å². The molecule has 1 aliphatic rings. The lowest BCUT2D eigenvalue weighted by molar-refractivity contribution is -0.143. The van der Waals surface area contributed by atoms with Crippen LogP contribution in [0.4, 0.5) is 0 Å². The van der Waals surface area contributed by atoms with E-state index in [9.17, 15) is 9.90 Å². The van der Waals surface area contributed by atoms with Gasteiger partial charge in [0, 0.05) is 12.1 Å². The van der Waals surface area contributed by atoms with E-state index < -0.39 is 5.97 Å². The van der Waals surface area contributed by atoms with Crippen LogP contribution in [0.2, 0.25) is 0 Å². The lowest BCUT2D eigenvalue weighted by atomic mass is 10.0. The maximum Gasteiger partial charge on any atom is 0.321 e. The molecular formula is C12H18N2O3. The number of hydrogen-bond acceptors (Lipinski definition) is 4. The summed E-state index contributed by atoms with van der Waals surface area (Å²) >= 11 is 0. The van der Waals surface area contributed by atoms with Crippen molar-refractivity contribution in [3.8, 4) is 0 Å². The first-order valence-corrected chi connectivity index (χ1v) is 5.89. The smallest absolute Gasteiger partial charge is 0.321 e. The molecule has 2 rings (SSSR count). The molecular weight excluding hydrogens is 220 g/mol. The van der Waals surface area contributed by atoms with Crippen molar-refractivity contribution in [2.24, 2.45) is 5.92 Å². The number of carboxylic acid groups (broad SMARTS) is 1. The molecule has 94 valence electrons. The van der Waals surface area contributed by atoms with E-state index in [1.54, 1.807) is 0 Å². The molecule has 1 aliphatic heterocycles. The number of likely N-dealkylation sites (tertiary alicyclic amines) is 1. The normalized spacial score (nSPS) is 25.4. The van der Waals surface area contributed by atoms with Gasteiger partial charge >= 0.3 is 5.97 Å². The zero-order chi connectivity index (χ0) is 12.6. The number of aromatic nitrogens is 1. The van der Waals surface area contributed by atoms with E-state index in [1.165, 1.54) is 0 Å². The molecule has 5 heteroatoms. The van der Waals surface area contributed by atoms with Gasteiger partial charge in [0.25, 0.3) is 0 Å². The highest BCUT2D eigenvalue weighted by molar-refractivity contribution is 5.74. The zero-order valence-electron chi connectivity index (χ0n) is 10.4. The van der Waals surface area contributed by atoms with Crippen molar-refractivity contribution in [1.29, 1.82) is 0 Å². The van der Waals surface area contributed by atoms with E-state index in [2.05, 4.69) is 5.16 Å². The predicted octanol–water partition coefficient (Wildman–Crippen LogP) is 1.59. The van der Waals surface area contributed by atoms with Crippen LogP contribution in [0.3, 0.4) is 0 Å². The summed E-state index contributed by atoms with van der Waals surface area (Å²) in [6, 6.07) is -0.385. The van der Waals surface area contributed by atoms with Gasteiger partial charge in [-0.2, -0.15) is 0 Å². The zero-order valence-corrected chi connectivity index (χ0v) is 10.4. The Balaban J connectivity index is 2.16. The van der Waals surface area contributed by atoms with Crippen molar-refractivity contribution in [1.82, 2.24) is 10.1 Å².